The molecule has 1 aliphatic rings. The first-order valence-corrected chi connectivity index (χ1v) is 6.24. The van der Waals surface area contributed by atoms with Crippen molar-refractivity contribution in [2.45, 2.75) is 25.7 Å². The van der Waals surface area contributed by atoms with Crippen LogP contribution in [0.15, 0.2) is 0 Å². The van der Waals surface area contributed by atoms with Crippen LogP contribution in [0, 0.1) is 11.8 Å². The molecule has 0 bridgehead atoms. The van der Waals surface area contributed by atoms with Crippen molar-refractivity contribution in [2.75, 3.05) is 27.2 Å². The molecule has 2 atom stereocenters. The molecule has 0 aromatic carbocycles. The van der Waals surface area contributed by atoms with Gasteiger partial charge in [0.25, 0.3) is 0 Å². The summed E-state index contributed by atoms with van der Waals surface area (Å²) in [4.78, 5) is 24.8. The zero-order valence-electron chi connectivity index (χ0n) is 10.7. The SMILES string of the molecule is CN(C)C(=O)CNC(=O)C1CCCCC1CN. The zero-order chi connectivity index (χ0) is 12.8. The molecule has 2 amide bonds. The molecule has 98 valence electrons. The topological polar surface area (TPSA) is 75.4 Å². The predicted molar refractivity (Wildman–Crippen MR) is 66.2 cm³/mol. The van der Waals surface area contributed by atoms with Crippen molar-refractivity contribution in [1.29, 1.82) is 0 Å². The second-order valence-corrected chi connectivity index (χ2v) is 4.89. The number of carbonyl (C=O) groups is 2. The van der Waals surface area contributed by atoms with Crippen LogP contribution in [0.4, 0.5) is 0 Å². The Morgan fingerprint density at radius 1 is 1.29 bits per heavy atom. The Labute approximate surface area is 103 Å². The van der Waals surface area contributed by atoms with Gasteiger partial charge in [0.2, 0.25) is 11.8 Å². The van der Waals surface area contributed by atoms with E-state index in [0.29, 0.717) is 6.54 Å². The normalized spacial score (nSPS) is 24.2. The fourth-order valence-electron chi connectivity index (χ4n) is 2.29. The highest BCUT2D eigenvalue weighted by atomic mass is 16.2. The van der Waals surface area contributed by atoms with E-state index in [1.54, 1.807) is 14.1 Å². The minimum Gasteiger partial charge on any atom is -0.347 e. The van der Waals surface area contributed by atoms with Gasteiger partial charge in [-0.1, -0.05) is 12.8 Å². The van der Waals surface area contributed by atoms with Crippen LogP contribution < -0.4 is 11.1 Å². The van der Waals surface area contributed by atoms with Gasteiger partial charge in [-0.3, -0.25) is 9.59 Å². The summed E-state index contributed by atoms with van der Waals surface area (Å²) >= 11 is 0. The highest BCUT2D eigenvalue weighted by Crippen LogP contribution is 2.29. The van der Waals surface area contributed by atoms with Gasteiger partial charge in [-0.25, -0.2) is 0 Å². The molecule has 5 heteroatoms. The van der Waals surface area contributed by atoms with E-state index in [4.69, 9.17) is 5.73 Å². The summed E-state index contributed by atoms with van der Waals surface area (Å²) in [6.45, 7) is 0.638. The van der Waals surface area contributed by atoms with Crippen LogP contribution >= 0.6 is 0 Å². The lowest BCUT2D eigenvalue weighted by molar-refractivity contribution is -0.133. The Hall–Kier alpha value is -1.10. The molecular weight excluding hydrogens is 218 g/mol. The van der Waals surface area contributed by atoms with Gasteiger partial charge in [0.05, 0.1) is 6.54 Å². The van der Waals surface area contributed by atoms with Crippen LogP contribution in [0.3, 0.4) is 0 Å². The Morgan fingerprint density at radius 2 is 1.94 bits per heavy atom. The van der Waals surface area contributed by atoms with Crippen molar-refractivity contribution in [3.63, 3.8) is 0 Å². The lowest BCUT2D eigenvalue weighted by atomic mass is 9.79. The molecule has 0 aromatic heterocycles. The van der Waals surface area contributed by atoms with Gasteiger partial charge in [0, 0.05) is 20.0 Å². The maximum atomic E-state index is 12.0. The number of nitrogens with two attached hydrogens (primary N) is 1. The first-order chi connectivity index (χ1) is 8.06. The molecule has 1 rings (SSSR count). The number of amides is 2. The van der Waals surface area contributed by atoms with E-state index in [0.717, 1.165) is 25.7 Å². The molecule has 0 heterocycles. The molecule has 1 saturated carbocycles. The monoisotopic (exact) mass is 241 g/mol. The number of nitrogens with zero attached hydrogens (tertiary/aromatic N) is 1. The molecule has 0 radical (unpaired) electrons. The molecule has 5 nitrogen and oxygen atoms in total. The third kappa shape index (κ3) is 4.00. The van der Waals surface area contributed by atoms with Crippen LogP contribution in [0.5, 0.6) is 0 Å². The predicted octanol–water partition coefficient (Wildman–Crippen LogP) is -0.0441. The summed E-state index contributed by atoms with van der Waals surface area (Å²) in [7, 11) is 3.36. The Balaban J connectivity index is 2.42. The highest BCUT2D eigenvalue weighted by molar-refractivity contribution is 5.85. The van der Waals surface area contributed by atoms with E-state index in [2.05, 4.69) is 5.32 Å². The minimum absolute atomic E-state index is 0.0105. The lowest BCUT2D eigenvalue weighted by Crippen LogP contribution is -2.43. The molecule has 17 heavy (non-hydrogen) atoms. The molecule has 1 aliphatic carbocycles. The van der Waals surface area contributed by atoms with Crippen molar-refractivity contribution in [1.82, 2.24) is 10.2 Å². The Bertz CT molecular complexity index is 279. The van der Waals surface area contributed by atoms with Crippen LogP contribution in [0.1, 0.15) is 25.7 Å². The maximum absolute atomic E-state index is 12.0. The fourth-order valence-corrected chi connectivity index (χ4v) is 2.29. The van der Waals surface area contributed by atoms with Crippen LogP contribution in [-0.4, -0.2) is 43.9 Å². The molecule has 0 saturated heterocycles. The number of nitrogens with one attached hydrogen (secondary N) is 1. The Morgan fingerprint density at radius 3 is 2.53 bits per heavy atom. The molecule has 2 unspecified atom stereocenters. The number of hydrogen-bond acceptors (Lipinski definition) is 3. The lowest BCUT2D eigenvalue weighted by Gasteiger charge is -2.29. The quantitative estimate of drug-likeness (QED) is 0.725. The number of hydrogen-bond donors (Lipinski definition) is 2. The second kappa shape index (κ2) is 6.59. The molecular formula is C12H23N3O2. The van der Waals surface area contributed by atoms with Gasteiger partial charge in [-0.05, 0) is 25.3 Å². The van der Waals surface area contributed by atoms with Gasteiger partial charge in [0.15, 0.2) is 0 Å². The van der Waals surface area contributed by atoms with Gasteiger partial charge in [-0.2, -0.15) is 0 Å². The summed E-state index contributed by atoms with van der Waals surface area (Å²) < 4.78 is 0. The molecule has 1 fully saturated rings. The van der Waals surface area contributed by atoms with Crippen LogP contribution in [-0.2, 0) is 9.59 Å². The molecule has 3 N–H and O–H groups in total. The Kier molecular flexibility index (Phi) is 5.41. The first-order valence-electron chi connectivity index (χ1n) is 6.24. The van der Waals surface area contributed by atoms with E-state index in [-0.39, 0.29) is 30.2 Å². The van der Waals surface area contributed by atoms with Crippen LogP contribution in [0.25, 0.3) is 0 Å². The summed E-state index contributed by atoms with van der Waals surface area (Å²) in [6, 6.07) is 0. The van der Waals surface area contributed by atoms with E-state index < -0.39 is 0 Å². The third-order valence-electron chi connectivity index (χ3n) is 3.46. The second-order valence-electron chi connectivity index (χ2n) is 4.89. The van der Waals surface area contributed by atoms with E-state index in [1.165, 1.54) is 4.90 Å². The van der Waals surface area contributed by atoms with E-state index in [1.807, 2.05) is 0 Å². The smallest absolute Gasteiger partial charge is 0.241 e. The van der Waals surface area contributed by atoms with Gasteiger partial charge in [0.1, 0.15) is 0 Å². The van der Waals surface area contributed by atoms with Crippen molar-refractivity contribution >= 4 is 11.8 Å². The van der Waals surface area contributed by atoms with Gasteiger partial charge < -0.3 is 16.0 Å². The van der Waals surface area contributed by atoms with Crippen molar-refractivity contribution in [3.8, 4) is 0 Å². The van der Waals surface area contributed by atoms with Gasteiger partial charge >= 0.3 is 0 Å². The summed E-state index contributed by atoms with van der Waals surface area (Å²) in [5.74, 6) is 0.163. The third-order valence-corrected chi connectivity index (χ3v) is 3.46. The average Bonchev–Trinajstić information content (AvgIpc) is 2.35. The maximum Gasteiger partial charge on any atom is 0.241 e. The van der Waals surface area contributed by atoms with E-state index >= 15 is 0 Å². The number of carbonyl (C=O) groups excluding carboxylic acids is 2. The van der Waals surface area contributed by atoms with Gasteiger partial charge in [-0.15, -0.1) is 0 Å². The molecule has 0 spiro atoms. The summed E-state index contributed by atoms with van der Waals surface area (Å²) in [6.07, 6.45) is 4.15. The van der Waals surface area contributed by atoms with Crippen molar-refractivity contribution < 1.29 is 9.59 Å². The number of rotatable bonds is 4. The number of likely N-dealkylation sites (N-methyl/N-ethyl adjacent to an activating group) is 1. The van der Waals surface area contributed by atoms with E-state index in [9.17, 15) is 9.59 Å². The average molecular weight is 241 g/mol. The van der Waals surface area contributed by atoms with Crippen molar-refractivity contribution in [2.24, 2.45) is 17.6 Å². The zero-order valence-corrected chi connectivity index (χ0v) is 10.7. The fraction of sp³-hybridized carbons (Fsp3) is 0.833. The molecule has 0 aromatic rings. The van der Waals surface area contributed by atoms with Crippen LogP contribution in [0.2, 0.25) is 0 Å². The molecule has 0 aliphatic heterocycles. The summed E-state index contributed by atoms with van der Waals surface area (Å²) in [5, 5.41) is 2.71. The highest BCUT2D eigenvalue weighted by Gasteiger charge is 2.29. The summed E-state index contributed by atoms with van der Waals surface area (Å²) in [5.41, 5.74) is 5.68. The van der Waals surface area contributed by atoms with Crippen molar-refractivity contribution in [3.05, 3.63) is 0 Å². The standard InChI is InChI=1S/C12H23N3O2/c1-15(2)11(16)8-14-12(17)10-6-4-3-5-9(10)7-13/h9-10H,3-8,13H2,1-2H3,(H,14,17). The minimum atomic E-state index is -0.0848. The largest absolute Gasteiger partial charge is 0.347 e. The first kappa shape index (κ1) is 14.0.